The maximum atomic E-state index is 11.8. The van der Waals surface area contributed by atoms with Gasteiger partial charge in [0.25, 0.3) is 5.88 Å². The van der Waals surface area contributed by atoms with E-state index in [1.54, 1.807) is 26.0 Å². The molecule has 1 aliphatic heterocycles. The van der Waals surface area contributed by atoms with Gasteiger partial charge in [0.1, 0.15) is 18.2 Å². The zero-order chi connectivity index (χ0) is 18.7. The zero-order valence-electron chi connectivity index (χ0n) is 14.2. The fourth-order valence-electron chi connectivity index (χ4n) is 2.81. The Bertz CT molecular complexity index is 898. The van der Waals surface area contributed by atoms with E-state index in [1.165, 1.54) is 19.9 Å². The van der Waals surface area contributed by atoms with Gasteiger partial charge < -0.3 is 19.2 Å². The topological polar surface area (TPSA) is 115 Å². The van der Waals surface area contributed by atoms with E-state index in [4.69, 9.17) is 19.4 Å². The number of nitriles is 1. The minimum absolute atomic E-state index is 0.0599. The van der Waals surface area contributed by atoms with E-state index in [0.717, 1.165) is 0 Å². The van der Waals surface area contributed by atoms with Crippen molar-refractivity contribution in [2.75, 3.05) is 6.61 Å². The van der Waals surface area contributed by atoms with Crippen LogP contribution in [0.1, 0.15) is 30.2 Å². The summed E-state index contributed by atoms with van der Waals surface area (Å²) < 4.78 is 15.9. The second kappa shape index (κ2) is 7.11. The lowest BCUT2D eigenvalue weighted by molar-refractivity contribution is -0.174. The first kappa shape index (κ1) is 17.9. The van der Waals surface area contributed by atoms with Gasteiger partial charge in [0.05, 0.1) is 6.61 Å². The lowest BCUT2D eigenvalue weighted by Crippen LogP contribution is -2.31. The molecule has 0 saturated carbocycles. The first-order valence-electron chi connectivity index (χ1n) is 7.90. The van der Waals surface area contributed by atoms with E-state index in [0.29, 0.717) is 22.3 Å². The molecule has 9 heteroatoms. The van der Waals surface area contributed by atoms with Gasteiger partial charge in [-0.25, -0.2) is 9.97 Å². The number of benzene rings is 1. The quantitative estimate of drug-likeness (QED) is 0.621. The van der Waals surface area contributed by atoms with Gasteiger partial charge >= 0.3 is 13.5 Å². The van der Waals surface area contributed by atoms with E-state index in [9.17, 15) is 9.90 Å². The highest BCUT2D eigenvalue weighted by Gasteiger charge is 2.42. The third-order valence-electron chi connectivity index (χ3n) is 3.79. The van der Waals surface area contributed by atoms with Crippen molar-refractivity contribution in [2.45, 2.75) is 26.1 Å². The van der Waals surface area contributed by atoms with Crippen LogP contribution in [-0.2, 0) is 20.0 Å². The number of nitrogens with zero attached hydrogens (tertiary/aromatic N) is 3. The van der Waals surface area contributed by atoms with Crippen LogP contribution in [0.2, 0.25) is 0 Å². The zero-order valence-corrected chi connectivity index (χ0v) is 14.2. The Morgan fingerprint density at radius 3 is 2.92 bits per heavy atom. The predicted octanol–water partition coefficient (Wildman–Crippen LogP) is 0.822. The summed E-state index contributed by atoms with van der Waals surface area (Å²) >= 11 is 0. The molecule has 1 radical (unpaired) electrons. The average Bonchev–Trinajstić information content (AvgIpc) is 2.92. The van der Waals surface area contributed by atoms with Gasteiger partial charge in [-0.15, -0.1) is 0 Å². The summed E-state index contributed by atoms with van der Waals surface area (Å²) in [5, 5.41) is 19.8. The van der Waals surface area contributed by atoms with Crippen LogP contribution in [0, 0.1) is 18.3 Å². The van der Waals surface area contributed by atoms with Crippen LogP contribution in [0.4, 0.5) is 0 Å². The van der Waals surface area contributed by atoms with Crippen molar-refractivity contribution in [2.24, 2.45) is 0 Å². The number of carbonyl (C=O) groups is 1. The van der Waals surface area contributed by atoms with Crippen LogP contribution in [-0.4, -0.2) is 35.1 Å². The van der Waals surface area contributed by atoms with Gasteiger partial charge in [-0.05, 0) is 37.0 Å². The Labute approximate surface area is 150 Å². The van der Waals surface area contributed by atoms with Crippen molar-refractivity contribution >= 4 is 18.9 Å². The highest BCUT2D eigenvalue weighted by Crippen LogP contribution is 2.35. The number of ether oxygens (including phenoxy) is 2. The summed E-state index contributed by atoms with van der Waals surface area (Å²) in [5.74, 6) is -1.86. The lowest BCUT2D eigenvalue weighted by Gasteiger charge is -2.25. The molecule has 3 rings (SSSR count). The second-order valence-corrected chi connectivity index (χ2v) is 5.63. The van der Waals surface area contributed by atoms with E-state index in [2.05, 4.69) is 9.97 Å². The van der Waals surface area contributed by atoms with Crippen LogP contribution >= 0.6 is 0 Å². The van der Waals surface area contributed by atoms with E-state index < -0.39 is 11.8 Å². The van der Waals surface area contributed by atoms with Gasteiger partial charge in [0.15, 0.2) is 5.79 Å². The Balaban J connectivity index is 1.90. The Morgan fingerprint density at radius 1 is 1.42 bits per heavy atom. The maximum absolute atomic E-state index is 11.8. The average molecular weight is 352 g/mol. The van der Waals surface area contributed by atoms with Crippen LogP contribution < -0.4 is 10.2 Å². The number of carbonyl (C=O) groups excluding carboxylic acids is 1. The molecule has 1 aromatic heterocycles. The van der Waals surface area contributed by atoms with Crippen molar-refractivity contribution in [3.8, 4) is 17.7 Å². The SMILES string of the molecule is CCOC(=O)CC1(O)O[B]c2cc(Oc3nccnc3C#N)cc(C)c21. The third-order valence-corrected chi connectivity index (χ3v) is 3.79. The first-order valence-corrected chi connectivity index (χ1v) is 7.90. The number of hydrogen-bond donors (Lipinski definition) is 1. The van der Waals surface area contributed by atoms with E-state index in [-0.39, 0.29) is 24.6 Å². The van der Waals surface area contributed by atoms with Crippen LogP contribution in [0.15, 0.2) is 24.5 Å². The molecule has 1 unspecified atom stereocenters. The largest absolute Gasteiger partial charge is 0.466 e. The number of aryl methyl sites for hydroxylation is 1. The number of fused-ring (bicyclic) bond motifs is 1. The molecule has 8 nitrogen and oxygen atoms in total. The molecular formula is C17H15BN3O5. The summed E-state index contributed by atoms with van der Waals surface area (Å²) in [7, 11) is 1.36. The molecule has 0 bridgehead atoms. The maximum Gasteiger partial charge on any atom is 0.334 e. The van der Waals surface area contributed by atoms with Crippen molar-refractivity contribution in [3.05, 3.63) is 41.3 Å². The van der Waals surface area contributed by atoms with Crippen LogP contribution in [0.5, 0.6) is 11.6 Å². The first-order chi connectivity index (χ1) is 12.5. The van der Waals surface area contributed by atoms with Crippen LogP contribution in [0.3, 0.4) is 0 Å². The molecule has 2 heterocycles. The molecule has 1 aromatic carbocycles. The smallest absolute Gasteiger partial charge is 0.334 e. The third kappa shape index (κ3) is 3.38. The number of aromatic nitrogens is 2. The standard InChI is InChI=1S/C17H15BN3O5/c1-3-24-14(22)8-17(23)15-10(2)6-11(7-12(15)18-26-17)25-16-13(9-19)20-4-5-21-16/h4-7,23H,3,8H2,1-2H3. The Kier molecular flexibility index (Phi) is 4.89. The minimum Gasteiger partial charge on any atom is -0.466 e. The predicted molar refractivity (Wildman–Crippen MR) is 89.6 cm³/mol. The van der Waals surface area contributed by atoms with Crippen molar-refractivity contribution in [1.29, 1.82) is 5.26 Å². The van der Waals surface area contributed by atoms with Gasteiger partial charge in [-0.2, -0.15) is 5.26 Å². The van der Waals surface area contributed by atoms with Crippen molar-refractivity contribution in [3.63, 3.8) is 0 Å². The molecule has 0 fully saturated rings. The minimum atomic E-state index is -1.78. The molecule has 0 amide bonds. The Morgan fingerprint density at radius 2 is 2.19 bits per heavy atom. The van der Waals surface area contributed by atoms with Gasteiger partial charge in [0.2, 0.25) is 5.69 Å². The molecule has 131 valence electrons. The molecule has 1 N–H and O–H groups in total. The molecule has 2 aromatic rings. The second-order valence-electron chi connectivity index (χ2n) is 5.63. The molecule has 0 spiro atoms. The molecule has 26 heavy (non-hydrogen) atoms. The number of rotatable bonds is 5. The monoisotopic (exact) mass is 352 g/mol. The fourth-order valence-corrected chi connectivity index (χ4v) is 2.81. The highest BCUT2D eigenvalue weighted by molar-refractivity contribution is 6.49. The summed E-state index contributed by atoms with van der Waals surface area (Å²) in [6.07, 6.45) is 2.49. The molecule has 0 saturated heterocycles. The number of aliphatic hydroxyl groups is 1. The number of hydrogen-bond acceptors (Lipinski definition) is 8. The molecule has 1 aliphatic rings. The van der Waals surface area contributed by atoms with E-state index >= 15 is 0 Å². The normalized spacial score (nSPS) is 17.8. The molecular weight excluding hydrogens is 337 g/mol. The van der Waals surface area contributed by atoms with Gasteiger partial charge in [0, 0.05) is 18.0 Å². The Hall–Kier alpha value is -2.96. The highest BCUT2D eigenvalue weighted by atomic mass is 16.6. The summed E-state index contributed by atoms with van der Waals surface area (Å²) in [6, 6.07) is 5.19. The van der Waals surface area contributed by atoms with Crippen molar-refractivity contribution in [1.82, 2.24) is 9.97 Å². The summed E-state index contributed by atoms with van der Waals surface area (Å²) in [6.45, 7) is 3.66. The van der Waals surface area contributed by atoms with Gasteiger partial charge in [-0.3, -0.25) is 4.79 Å². The van der Waals surface area contributed by atoms with Crippen LogP contribution in [0.25, 0.3) is 0 Å². The summed E-state index contributed by atoms with van der Waals surface area (Å²) in [5.41, 5.74) is 1.75. The van der Waals surface area contributed by atoms with Crippen molar-refractivity contribution < 1.29 is 24.0 Å². The summed E-state index contributed by atoms with van der Waals surface area (Å²) in [4.78, 5) is 19.6. The van der Waals surface area contributed by atoms with Gasteiger partial charge in [-0.1, -0.05) is 0 Å². The fraction of sp³-hybridized carbons (Fsp3) is 0.294. The molecule has 0 aliphatic carbocycles. The van der Waals surface area contributed by atoms with E-state index in [1.807, 2.05) is 6.07 Å². The molecule has 1 atom stereocenters. The number of esters is 1. The lowest BCUT2D eigenvalue weighted by atomic mass is 9.83.